The Bertz CT molecular complexity index is 894. The minimum absolute atomic E-state index is 0.0485. The van der Waals surface area contributed by atoms with Crippen LogP contribution >= 0.6 is 0 Å². The van der Waals surface area contributed by atoms with E-state index in [1.807, 2.05) is 0 Å². The number of carbonyl (C=O) groups is 2. The highest BCUT2D eigenvalue weighted by Crippen LogP contribution is 2.38. The number of carbonyl (C=O) groups excluding carboxylic acids is 2. The first kappa shape index (κ1) is 24.3. The minimum Gasteiger partial charge on any atom is -0.743 e. The summed E-state index contributed by atoms with van der Waals surface area (Å²) in [6.07, 6.45) is -10.6. The molecular weight excluding hydrogens is 435 g/mol. The van der Waals surface area contributed by atoms with Crippen molar-refractivity contribution < 1.29 is 58.7 Å². The summed E-state index contributed by atoms with van der Waals surface area (Å²) in [7, 11) is -6.80. The first-order valence-corrected chi connectivity index (χ1v) is 8.66. The normalized spacial score (nSPS) is 13.3. The molecule has 8 nitrogen and oxygen atoms in total. The van der Waals surface area contributed by atoms with Gasteiger partial charge in [-0.05, 0) is 19.1 Å². The van der Waals surface area contributed by atoms with Gasteiger partial charge in [0, 0.05) is 11.6 Å². The van der Waals surface area contributed by atoms with Crippen molar-refractivity contribution in [2.75, 3.05) is 6.61 Å². The molecule has 0 spiro atoms. The number of benzene rings is 1. The van der Waals surface area contributed by atoms with E-state index in [4.69, 9.17) is 9.47 Å². The Hall–Kier alpha value is -2.74. The number of esters is 2. The second-order valence-corrected chi connectivity index (χ2v) is 6.81. The van der Waals surface area contributed by atoms with E-state index in [1.54, 1.807) is 0 Å². The van der Waals surface area contributed by atoms with Crippen molar-refractivity contribution in [2.24, 2.45) is 0 Å². The molecule has 162 valence electrons. The molecule has 1 aromatic rings. The average molecular weight is 447 g/mol. The van der Waals surface area contributed by atoms with Gasteiger partial charge in [-0.2, -0.15) is 22.0 Å². The van der Waals surface area contributed by atoms with Gasteiger partial charge in [0.2, 0.25) is 0 Å². The third-order valence-corrected chi connectivity index (χ3v) is 3.79. The molecule has 1 aromatic carbocycles. The topological polar surface area (TPSA) is 119 Å². The Morgan fingerprint density at radius 1 is 1.17 bits per heavy atom. The van der Waals surface area contributed by atoms with Crippen LogP contribution in [0.5, 0.6) is 11.5 Å². The molecule has 0 aromatic heterocycles. The van der Waals surface area contributed by atoms with Gasteiger partial charge in [-0.25, -0.2) is 18.0 Å². The highest BCUT2D eigenvalue weighted by atomic mass is 32.2. The number of alkyl halides is 5. The molecule has 0 saturated heterocycles. The Labute approximate surface area is 160 Å². The Balaban J connectivity index is 2.86. The van der Waals surface area contributed by atoms with Gasteiger partial charge in [0.25, 0.3) is 6.10 Å². The molecule has 0 fully saturated rings. The molecule has 1 atom stereocenters. The molecule has 0 aliphatic heterocycles. The molecule has 29 heavy (non-hydrogen) atoms. The van der Waals surface area contributed by atoms with Crippen molar-refractivity contribution in [3.05, 3.63) is 36.4 Å². The summed E-state index contributed by atoms with van der Waals surface area (Å²) in [5.41, 5.74) is 0.0485. The summed E-state index contributed by atoms with van der Waals surface area (Å²) in [6, 6.07) is 4.75. The minimum atomic E-state index is -6.80. The van der Waals surface area contributed by atoms with Crippen molar-refractivity contribution in [2.45, 2.75) is 24.5 Å². The van der Waals surface area contributed by atoms with E-state index in [-0.39, 0.29) is 17.1 Å². The summed E-state index contributed by atoms with van der Waals surface area (Å²) in [5.74, 6) is -3.18. The van der Waals surface area contributed by atoms with Gasteiger partial charge in [-0.3, -0.25) is 0 Å². The molecule has 0 heterocycles. The van der Waals surface area contributed by atoms with Crippen molar-refractivity contribution in [1.82, 2.24) is 0 Å². The van der Waals surface area contributed by atoms with Gasteiger partial charge in [-0.1, -0.05) is 12.6 Å². The average Bonchev–Trinajstić information content (AvgIpc) is 2.56. The fraction of sp³-hybridized carbons (Fsp3) is 0.333. The second-order valence-electron chi connectivity index (χ2n) is 5.36. The van der Waals surface area contributed by atoms with Crippen LogP contribution in [-0.4, -0.2) is 49.1 Å². The number of hydrogen-bond acceptors (Lipinski definition) is 8. The van der Waals surface area contributed by atoms with Crippen molar-refractivity contribution in [3.63, 3.8) is 0 Å². The lowest BCUT2D eigenvalue weighted by Crippen LogP contribution is -2.52. The van der Waals surface area contributed by atoms with Gasteiger partial charge in [0.05, 0.1) is 0 Å². The molecule has 0 aliphatic carbocycles. The molecule has 0 N–H and O–H groups in total. The monoisotopic (exact) mass is 447 g/mol. The summed E-state index contributed by atoms with van der Waals surface area (Å²) < 4.78 is 109. The van der Waals surface area contributed by atoms with Crippen molar-refractivity contribution >= 4 is 22.1 Å². The zero-order valence-corrected chi connectivity index (χ0v) is 15.2. The predicted molar refractivity (Wildman–Crippen MR) is 83.0 cm³/mol. The molecule has 1 rings (SSSR count). The van der Waals surface area contributed by atoms with Crippen LogP contribution in [0.2, 0.25) is 0 Å². The quantitative estimate of drug-likeness (QED) is 0.196. The molecule has 0 aliphatic rings. The molecule has 1 unspecified atom stereocenters. The standard InChI is InChI=1S/C15H13F5O8S/c1-8(2)12(22)27-10-5-3-4-9(6-10)26-7-11(21)28-13(14(16,17)18)15(19,20)29(23,24)25/h3-6,13H,1,7H2,2H3,(H,23,24,25)/p-1. The third-order valence-electron chi connectivity index (χ3n) is 2.91. The van der Waals surface area contributed by atoms with Crippen LogP contribution in [0, 0.1) is 0 Å². The maximum absolute atomic E-state index is 13.3. The molecule has 14 heteroatoms. The largest absolute Gasteiger partial charge is 0.743 e. The number of rotatable bonds is 8. The molecule has 0 bridgehead atoms. The molecule has 0 amide bonds. The van der Waals surface area contributed by atoms with Crippen molar-refractivity contribution in [3.8, 4) is 11.5 Å². The van der Waals surface area contributed by atoms with Crippen LogP contribution in [0.15, 0.2) is 36.4 Å². The SMILES string of the molecule is C=C(C)C(=O)Oc1cccc(OCC(=O)OC(C(F)(F)F)C(F)(F)S(=O)(=O)[O-])c1. The number of halogens is 5. The van der Waals surface area contributed by atoms with Gasteiger partial charge in [0.15, 0.2) is 16.7 Å². The van der Waals surface area contributed by atoms with Crippen LogP contribution < -0.4 is 9.47 Å². The van der Waals surface area contributed by atoms with Crippen LogP contribution in [0.3, 0.4) is 0 Å². The molecule has 0 radical (unpaired) electrons. The third kappa shape index (κ3) is 6.67. The van der Waals surface area contributed by atoms with E-state index in [2.05, 4.69) is 11.3 Å². The van der Waals surface area contributed by atoms with Gasteiger partial charge < -0.3 is 18.8 Å². The second kappa shape index (κ2) is 8.73. The summed E-state index contributed by atoms with van der Waals surface area (Å²) in [4.78, 5) is 22.8. The lowest BCUT2D eigenvalue weighted by molar-refractivity contribution is -0.259. The van der Waals surface area contributed by atoms with Gasteiger partial charge in [0.1, 0.15) is 11.5 Å². The fourth-order valence-corrected chi connectivity index (χ4v) is 2.03. The number of hydrogen-bond donors (Lipinski definition) is 0. The lowest BCUT2D eigenvalue weighted by Gasteiger charge is -2.29. The van der Waals surface area contributed by atoms with Crippen LogP contribution in [-0.2, 0) is 24.4 Å². The first-order valence-electron chi connectivity index (χ1n) is 7.25. The summed E-state index contributed by atoms with van der Waals surface area (Å²) in [6.45, 7) is 3.33. The zero-order chi connectivity index (χ0) is 22.6. The zero-order valence-electron chi connectivity index (χ0n) is 14.4. The Morgan fingerprint density at radius 2 is 1.72 bits per heavy atom. The molecule has 0 saturated carbocycles. The van der Waals surface area contributed by atoms with E-state index in [1.165, 1.54) is 25.1 Å². The highest BCUT2D eigenvalue weighted by Gasteiger charge is 2.62. The van der Waals surface area contributed by atoms with Crippen LogP contribution in [0.4, 0.5) is 22.0 Å². The van der Waals surface area contributed by atoms with Gasteiger partial charge in [-0.15, -0.1) is 0 Å². The van der Waals surface area contributed by atoms with E-state index >= 15 is 0 Å². The number of ether oxygens (including phenoxy) is 3. The first-order chi connectivity index (χ1) is 13.1. The predicted octanol–water partition coefficient (Wildman–Crippen LogP) is 2.16. The van der Waals surface area contributed by atoms with E-state index in [0.717, 1.165) is 6.07 Å². The van der Waals surface area contributed by atoms with Gasteiger partial charge >= 0.3 is 23.4 Å². The van der Waals surface area contributed by atoms with Crippen LogP contribution in [0.25, 0.3) is 0 Å². The smallest absolute Gasteiger partial charge is 0.432 e. The molecular formula is C15H12F5O8S-. The maximum atomic E-state index is 13.3. The van der Waals surface area contributed by atoms with E-state index in [0.29, 0.717) is 0 Å². The summed E-state index contributed by atoms with van der Waals surface area (Å²) in [5, 5.41) is -5.96. The van der Waals surface area contributed by atoms with E-state index in [9.17, 15) is 44.5 Å². The summed E-state index contributed by atoms with van der Waals surface area (Å²) >= 11 is 0. The Morgan fingerprint density at radius 3 is 2.21 bits per heavy atom. The highest BCUT2D eigenvalue weighted by molar-refractivity contribution is 7.86. The van der Waals surface area contributed by atoms with E-state index < -0.39 is 46.2 Å². The lowest BCUT2D eigenvalue weighted by atomic mass is 10.3. The fourth-order valence-electron chi connectivity index (χ4n) is 1.59. The van der Waals surface area contributed by atoms with Crippen molar-refractivity contribution in [1.29, 1.82) is 0 Å². The maximum Gasteiger partial charge on any atom is 0.432 e. The Kier molecular flexibility index (Phi) is 7.32. The van der Waals surface area contributed by atoms with Crippen LogP contribution in [0.1, 0.15) is 6.92 Å².